The summed E-state index contributed by atoms with van der Waals surface area (Å²) in [7, 11) is -2.85. The molecule has 10 heteroatoms. The van der Waals surface area contributed by atoms with Gasteiger partial charge in [-0.1, -0.05) is 24.3 Å². The minimum Gasteiger partial charge on any atom is -0.265 e. The summed E-state index contributed by atoms with van der Waals surface area (Å²) >= 11 is 0. The van der Waals surface area contributed by atoms with Gasteiger partial charge in [0.1, 0.15) is 11.6 Å². The lowest BCUT2D eigenvalue weighted by atomic mass is 10.2. The maximum absolute atomic E-state index is 13.9. The molecule has 0 unspecified atom stereocenters. The molecule has 0 saturated carbocycles. The van der Waals surface area contributed by atoms with Gasteiger partial charge in [-0.25, -0.2) is 31.6 Å². The van der Waals surface area contributed by atoms with Gasteiger partial charge >= 0.3 is 5.91 Å². The van der Waals surface area contributed by atoms with E-state index in [0.29, 0.717) is 5.56 Å². The topological polar surface area (TPSA) is 93.9 Å². The molecule has 1 amide bonds. The molecule has 27 heavy (non-hydrogen) atoms. The van der Waals surface area contributed by atoms with E-state index in [1.165, 1.54) is 25.2 Å². The summed E-state index contributed by atoms with van der Waals surface area (Å²) in [5.74, 6) is -3.66. The van der Waals surface area contributed by atoms with Crippen molar-refractivity contribution in [3.8, 4) is 11.4 Å². The number of nitrogens with zero attached hydrogens (tertiary/aromatic N) is 3. The van der Waals surface area contributed by atoms with E-state index in [9.17, 15) is 22.0 Å². The van der Waals surface area contributed by atoms with Gasteiger partial charge in [0.15, 0.2) is 5.82 Å². The van der Waals surface area contributed by atoms with E-state index in [1.54, 1.807) is 19.1 Å². The zero-order valence-electron chi connectivity index (χ0n) is 14.3. The molecule has 140 valence electrons. The molecule has 0 spiro atoms. The zero-order valence-corrected chi connectivity index (χ0v) is 15.1. The second-order valence-electron chi connectivity index (χ2n) is 5.68. The number of carbonyl (C=O) groups excluding carboxylic acids is 1. The Morgan fingerprint density at radius 3 is 2.33 bits per heavy atom. The summed E-state index contributed by atoms with van der Waals surface area (Å²) in [6, 6.07) is 9.34. The van der Waals surface area contributed by atoms with E-state index < -0.39 is 39.0 Å². The first kappa shape index (κ1) is 18.6. The van der Waals surface area contributed by atoms with Crippen LogP contribution in [0.1, 0.15) is 16.2 Å². The number of sulfonamides is 1. The number of aryl methyl sites for hydroxylation is 2. The van der Waals surface area contributed by atoms with Crippen molar-refractivity contribution in [2.24, 2.45) is 7.05 Å². The van der Waals surface area contributed by atoms with Crippen LogP contribution in [0.3, 0.4) is 0 Å². The molecule has 3 rings (SSSR count). The van der Waals surface area contributed by atoms with Crippen LogP contribution < -0.4 is 4.72 Å². The first-order chi connectivity index (χ1) is 12.7. The molecule has 0 radical (unpaired) electrons. The highest BCUT2D eigenvalue weighted by atomic mass is 32.2. The largest absolute Gasteiger partial charge is 0.302 e. The number of rotatable bonds is 4. The van der Waals surface area contributed by atoms with Gasteiger partial charge in [-0.15, -0.1) is 0 Å². The zero-order chi connectivity index (χ0) is 19.8. The van der Waals surface area contributed by atoms with Gasteiger partial charge < -0.3 is 0 Å². The highest BCUT2D eigenvalue weighted by Gasteiger charge is 2.25. The predicted octanol–water partition coefficient (Wildman–Crippen LogP) is 2.19. The third-order valence-corrected chi connectivity index (χ3v) is 5.25. The Hall–Kier alpha value is -3.14. The molecule has 0 bridgehead atoms. The summed E-state index contributed by atoms with van der Waals surface area (Å²) in [6.07, 6.45) is 0. The number of benzene rings is 2. The smallest absolute Gasteiger partial charge is 0.265 e. The minimum absolute atomic E-state index is 0.0686. The summed E-state index contributed by atoms with van der Waals surface area (Å²) < 4.78 is 55.5. The van der Waals surface area contributed by atoms with Crippen LogP contribution in [-0.2, 0) is 17.1 Å². The fraction of sp³-hybridized carbons (Fsp3) is 0.118. The lowest BCUT2D eigenvalue weighted by Gasteiger charge is -2.08. The fourth-order valence-electron chi connectivity index (χ4n) is 2.48. The van der Waals surface area contributed by atoms with Crippen LogP contribution in [0.2, 0.25) is 0 Å². The lowest BCUT2D eigenvalue weighted by molar-refractivity contribution is 0.0967. The average molecular weight is 392 g/mol. The van der Waals surface area contributed by atoms with E-state index >= 15 is 0 Å². The van der Waals surface area contributed by atoms with Gasteiger partial charge in [0.05, 0.1) is 10.5 Å². The predicted molar refractivity (Wildman–Crippen MR) is 92.2 cm³/mol. The van der Waals surface area contributed by atoms with Gasteiger partial charge in [-0.3, -0.25) is 4.79 Å². The van der Waals surface area contributed by atoms with E-state index in [0.717, 1.165) is 16.8 Å². The molecule has 3 aromatic rings. The molecular formula is C17H14F2N4O3S. The monoisotopic (exact) mass is 392 g/mol. The average Bonchev–Trinajstić information content (AvgIpc) is 2.96. The van der Waals surface area contributed by atoms with Crippen LogP contribution in [-0.4, -0.2) is 29.1 Å². The molecule has 0 aliphatic heterocycles. The van der Waals surface area contributed by atoms with Crippen molar-refractivity contribution in [2.75, 3.05) is 0 Å². The Balaban J connectivity index is 1.95. The summed E-state index contributed by atoms with van der Waals surface area (Å²) in [4.78, 5) is 16.1. The minimum atomic E-state index is -4.16. The standard InChI is InChI=1S/C17H14F2N4O3S/c1-10-6-3-4-9-13(10)27(25,26)22-17(24)16-20-15(21-23(16)2)14-11(18)7-5-8-12(14)19/h3-9H,1-2H3,(H,22,24). The highest BCUT2D eigenvalue weighted by molar-refractivity contribution is 7.90. The molecule has 2 aromatic carbocycles. The van der Waals surface area contributed by atoms with Gasteiger partial charge in [-0.2, -0.15) is 5.10 Å². The molecule has 0 aliphatic rings. The second-order valence-corrected chi connectivity index (χ2v) is 7.33. The Morgan fingerprint density at radius 2 is 1.70 bits per heavy atom. The third-order valence-electron chi connectivity index (χ3n) is 3.76. The number of aromatic nitrogens is 3. The van der Waals surface area contributed by atoms with Gasteiger partial charge in [0.2, 0.25) is 5.82 Å². The molecule has 0 saturated heterocycles. The molecule has 1 heterocycles. The van der Waals surface area contributed by atoms with Crippen LogP contribution in [0.25, 0.3) is 11.4 Å². The molecule has 7 nitrogen and oxygen atoms in total. The summed E-state index contributed by atoms with van der Waals surface area (Å²) in [5, 5.41) is 3.81. The molecule has 0 aliphatic carbocycles. The first-order valence-corrected chi connectivity index (χ1v) is 9.17. The van der Waals surface area contributed by atoms with Crippen molar-refractivity contribution in [2.45, 2.75) is 11.8 Å². The maximum atomic E-state index is 13.9. The van der Waals surface area contributed by atoms with Gasteiger partial charge in [0, 0.05) is 7.05 Å². The Labute approximate surface area is 153 Å². The van der Waals surface area contributed by atoms with E-state index in [1.807, 2.05) is 4.72 Å². The molecule has 1 N–H and O–H groups in total. The van der Waals surface area contributed by atoms with Gasteiger partial charge in [0.25, 0.3) is 10.0 Å². The fourth-order valence-corrected chi connectivity index (χ4v) is 3.68. The van der Waals surface area contributed by atoms with E-state index in [2.05, 4.69) is 10.1 Å². The highest BCUT2D eigenvalue weighted by Crippen LogP contribution is 2.23. The quantitative estimate of drug-likeness (QED) is 0.735. The maximum Gasteiger partial charge on any atom is 0.302 e. The number of carbonyl (C=O) groups is 1. The van der Waals surface area contributed by atoms with Crippen LogP contribution in [0.4, 0.5) is 8.78 Å². The molecular weight excluding hydrogens is 378 g/mol. The SMILES string of the molecule is Cc1ccccc1S(=O)(=O)NC(=O)c1nc(-c2c(F)cccc2F)nn1C. The van der Waals surface area contributed by atoms with Crippen molar-refractivity contribution in [3.05, 3.63) is 65.5 Å². The normalized spacial score (nSPS) is 11.4. The Kier molecular flexibility index (Phi) is 4.75. The Bertz CT molecular complexity index is 1120. The van der Waals surface area contributed by atoms with Crippen LogP contribution in [0.5, 0.6) is 0 Å². The van der Waals surface area contributed by atoms with Crippen LogP contribution >= 0.6 is 0 Å². The number of nitrogens with one attached hydrogen (secondary N) is 1. The molecule has 0 fully saturated rings. The number of hydrogen-bond donors (Lipinski definition) is 1. The number of hydrogen-bond acceptors (Lipinski definition) is 5. The second kappa shape index (κ2) is 6.88. The number of halogens is 2. The molecule has 1 aromatic heterocycles. The van der Waals surface area contributed by atoms with Crippen molar-refractivity contribution < 1.29 is 22.0 Å². The van der Waals surface area contributed by atoms with Crippen LogP contribution in [0, 0.1) is 18.6 Å². The van der Waals surface area contributed by atoms with Gasteiger partial charge in [-0.05, 0) is 30.7 Å². The summed E-state index contributed by atoms with van der Waals surface area (Å²) in [6.45, 7) is 1.58. The lowest BCUT2D eigenvalue weighted by Crippen LogP contribution is -2.32. The molecule has 0 atom stereocenters. The Morgan fingerprint density at radius 1 is 1.07 bits per heavy atom. The number of amides is 1. The van der Waals surface area contributed by atoms with Crippen molar-refractivity contribution in [1.82, 2.24) is 19.5 Å². The van der Waals surface area contributed by atoms with Crippen molar-refractivity contribution in [3.63, 3.8) is 0 Å². The van der Waals surface area contributed by atoms with E-state index in [4.69, 9.17) is 0 Å². The first-order valence-electron chi connectivity index (χ1n) is 7.69. The van der Waals surface area contributed by atoms with E-state index in [-0.39, 0.29) is 10.7 Å². The van der Waals surface area contributed by atoms with Crippen molar-refractivity contribution >= 4 is 15.9 Å². The third kappa shape index (κ3) is 3.56. The van der Waals surface area contributed by atoms with Crippen LogP contribution in [0.15, 0.2) is 47.4 Å². The summed E-state index contributed by atoms with van der Waals surface area (Å²) in [5.41, 5.74) is -0.0567. The van der Waals surface area contributed by atoms with Crippen molar-refractivity contribution in [1.29, 1.82) is 0 Å².